The highest BCUT2D eigenvalue weighted by molar-refractivity contribution is 6.39. The summed E-state index contributed by atoms with van der Waals surface area (Å²) in [6.07, 6.45) is 6.35. The van der Waals surface area contributed by atoms with Crippen LogP contribution in [-0.4, -0.2) is 5.38 Å². The number of rotatable bonds is 0. The maximum atomic E-state index is 5.97. The predicted molar refractivity (Wildman–Crippen MR) is 55.9 cm³/mol. The minimum absolute atomic E-state index is 0.288. The molecular weight excluding hydrogens is 214 g/mol. The van der Waals surface area contributed by atoms with Gasteiger partial charge in [0.15, 0.2) is 0 Å². The molecule has 0 spiro atoms. The zero-order chi connectivity index (χ0) is 9.14. The molecule has 0 saturated heterocycles. The Kier molecular flexibility index (Phi) is 3.70. The van der Waals surface area contributed by atoms with E-state index in [4.69, 9.17) is 34.8 Å². The molecule has 0 aromatic rings. The molecule has 1 aliphatic rings. The normalized spacial score (nSPS) is 38.0. The lowest BCUT2D eigenvalue weighted by atomic mass is 10.1. The topological polar surface area (TPSA) is 0 Å². The maximum absolute atomic E-state index is 5.97. The molecule has 0 fully saturated rings. The summed E-state index contributed by atoms with van der Waals surface area (Å²) in [6.45, 7) is 1.97. The van der Waals surface area contributed by atoms with Gasteiger partial charge in [-0.25, -0.2) is 0 Å². The summed E-state index contributed by atoms with van der Waals surface area (Å²) in [5.74, 6) is 0. The number of alkyl halides is 1. The SMILES string of the molecule is C/C1=C(\Cl)C(Cl)/C=C(Cl)\C=C/C1. The van der Waals surface area contributed by atoms with Gasteiger partial charge in [-0.1, -0.05) is 34.9 Å². The summed E-state index contributed by atoms with van der Waals surface area (Å²) < 4.78 is 0. The van der Waals surface area contributed by atoms with E-state index in [1.54, 1.807) is 6.08 Å². The molecule has 0 bridgehead atoms. The van der Waals surface area contributed by atoms with Gasteiger partial charge in [0.2, 0.25) is 0 Å². The molecule has 0 aromatic heterocycles. The molecule has 0 N–H and O–H groups in total. The van der Waals surface area contributed by atoms with E-state index < -0.39 is 0 Å². The third-order valence-corrected chi connectivity index (χ3v) is 2.92. The largest absolute Gasteiger partial charge is 0.112 e. The highest BCUT2D eigenvalue weighted by atomic mass is 35.5. The summed E-state index contributed by atoms with van der Waals surface area (Å²) in [5.41, 5.74) is 1.09. The summed E-state index contributed by atoms with van der Waals surface area (Å²) >= 11 is 17.7. The lowest BCUT2D eigenvalue weighted by Crippen LogP contribution is -1.98. The summed E-state index contributed by atoms with van der Waals surface area (Å²) in [6, 6.07) is 0. The summed E-state index contributed by atoms with van der Waals surface area (Å²) in [7, 11) is 0. The van der Waals surface area contributed by atoms with E-state index in [0.29, 0.717) is 10.1 Å². The van der Waals surface area contributed by atoms with Crippen LogP contribution >= 0.6 is 34.8 Å². The monoisotopic (exact) mass is 222 g/mol. The zero-order valence-electron chi connectivity index (χ0n) is 6.65. The third kappa shape index (κ3) is 2.55. The Morgan fingerprint density at radius 2 is 2.08 bits per heavy atom. The van der Waals surface area contributed by atoms with Crippen LogP contribution in [0.15, 0.2) is 33.9 Å². The molecule has 1 rings (SSSR count). The second-order valence-corrected chi connectivity index (χ2v) is 4.00. The molecule has 1 atom stereocenters. The minimum Gasteiger partial charge on any atom is -0.112 e. The average molecular weight is 224 g/mol. The van der Waals surface area contributed by atoms with E-state index in [2.05, 4.69) is 0 Å². The molecule has 0 aliphatic heterocycles. The molecule has 1 unspecified atom stereocenters. The highest BCUT2D eigenvalue weighted by Gasteiger charge is 2.10. The standard InChI is InChI=1S/C9H9Cl3/c1-6-3-2-4-7(10)5-8(11)9(6)12/h2,4-5,8H,3H2,1H3/b4-2-,7-5+,9-6+. The Morgan fingerprint density at radius 1 is 1.42 bits per heavy atom. The van der Waals surface area contributed by atoms with Crippen molar-refractivity contribution in [2.75, 3.05) is 0 Å². The minimum atomic E-state index is -0.288. The van der Waals surface area contributed by atoms with Gasteiger partial charge >= 0.3 is 0 Å². The lowest BCUT2D eigenvalue weighted by molar-refractivity contribution is 1.14. The van der Waals surface area contributed by atoms with Gasteiger partial charge in [-0.2, -0.15) is 0 Å². The van der Waals surface area contributed by atoms with E-state index in [0.717, 1.165) is 12.0 Å². The Bertz CT molecular complexity index is 261. The Morgan fingerprint density at radius 3 is 2.75 bits per heavy atom. The molecule has 0 nitrogen and oxygen atoms in total. The second-order valence-electron chi connectivity index (χ2n) is 2.69. The highest BCUT2D eigenvalue weighted by Crippen LogP contribution is 2.26. The molecule has 0 saturated carbocycles. The summed E-state index contributed by atoms with van der Waals surface area (Å²) in [4.78, 5) is 0. The van der Waals surface area contributed by atoms with Crippen molar-refractivity contribution in [1.29, 1.82) is 0 Å². The zero-order valence-corrected chi connectivity index (χ0v) is 8.92. The van der Waals surface area contributed by atoms with Crippen molar-refractivity contribution in [2.45, 2.75) is 18.7 Å². The first-order valence-electron chi connectivity index (χ1n) is 3.64. The van der Waals surface area contributed by atoms with Crippen molar-refractivity contribution < 1.29 is 0 Å². The number of halogens is 3. The summed E-state index contributed by atoms with van der Waals surface area (Å²) in [5, 5.41) is 1.03. The fraction of sp³-hybridized carbons (Fsp3) is 0.333. The predicted octanol–water partition coefficient (Wildman–Crippen LogP) is 4.19. The molecule has 0 heterocycles. The van der Waals surface area contributed by atoms with Crippen molar-refractivity contribution >= 4 is 34.8 Å². The maximum Gasteiger partial charge on any atom is 0.0889 e. The van der Waals surface area contributed by atoms with Crippen LogP contribution in [0.25, 0.3) is 0 Å². The number of hydrogen-bond acceptors (Lipinski definition) is 0. The Labute approximate surface area is 87.5 Å². The van der Waals surface area contributed by atoms with Crippen molar-refractivity contribution in [3.8, 4) is 0 Å². The van der Waals surface area contributed by atoms with Gasteiger partial charge in [0.1, 0.15) is 0 Å². The van der Waals surface area contributed by atoms with Crippen LogP contribution in [0.5, 0.6) is 0 Å². The van der Waals surface area contributed by atoms with Crippen LogP contribution in [0.1, 0.15) is 13.3 Å². The van der Waals surface area contributed by atoms with E-state index in [9.17, 15) is 0 Å². The van der Waals surface area contributed by atoms with Gasteiger partial charge in [-0.3, -0.25) is 0 Å². The molecule has 66 valence electrons. The quantitative estimate of drug-likeness (QED) is 0.540. The molecule has 0 radical (unpaired) electrons. The van der Waals surface area contributed by atoms with Gasteiger partial charge < -0.3 is 0 Å². The fourth-order valence-corrected chi connectivity index (χ4v) is 1.69. The van der Waals surface area contributed by atoms with Crippen molar-refractivity contribution in [1.82, 2.24) is 0 Å². The fourth-order valence-electron chi connectivity index (χ4n) is 0.950. The molecule has 0 amide bonds. The van der Waals surface area contributed by atoms with Gasteiger partial charge in [0.05, 0.1) is 5.38 Å². The van der Waals surface area contributed by atoms with E-state index in [-0.39, 0.29) is 5.38 Å². The molecule has 1 aliphatic carbocycles. The molecule has 3 heteroatoms. The first kappa shape index (κ1) is 10.2. The van der Waals surface area contributed by atoms with E-state index in [1.807, 2.05) is 19.1 Å². The Hall–Kier alpha value is 0.0900. The van der Waals surface area contributed by atoms with Crippen LogP contribution in [0, 0.1) is 0 Å². The molecular formula is C9H9Cl3. The van der Waals surface area contributed by atoms with Gasteiger partial charge in [0, 0.05) is 10.1 Å². The van der Waals surface area contributed by atoms with Crippen molar-refractivity contribution in [3.63, 3.8) is 0 Å². The Balaban J connectivity index is 2.99. The van der Waals surface area contributed by atoms with Gasteiger partial charge in [-0.15, -0.1) is 11.6 Å². The van der Waals surface area contributed by atoms with Crippen LogP contribution in [0.3, 0.4) is 0 Å². The van der Waals surface area contributed by atoms with Gasteiger partial charge in [0.25, 0.3) is 0 Å². The van der Waals surface area contributed by atoms with Gasteiger partial charge in [-0.05, 0) is 25.5 Å². The molecule has 0 aromatic carbocycles. The molecule has 12 heavy (non-hydrogen) atoms. The number of hydrogen-bond donors (Lipinski definition) is 0. The van der Waals surface area contributed by atoms with E-state index >= 15 is 0 Å². The second kappa shape index (κ2) is 4.36. The average Bonchev–Trinajstić information content (AvgIpc) is 2.01. The van der Waals surface area contributed by atoms with Crippen LogP contribution in [0.2, 0.25) is 0 Å². The lowest BCUT2D eigenvalue weighted by Gasteiger charge is -2.09. The smallest absolute Gasteiger partial charge is 0.0889 e. The van der Waals surface area contributed by atoms with Crippen molar-refractivity contribution in [3.05, 3.63) is 33.9 Å². The van der Waals surface area contributed by atoms with Crippen LogP contribution < -0.4 is 0 Å². The van der Waals surface area contributed by atoms with E-state index in [1.165, 1.54) is 0 Å². The third-order valence-electron chi connectivity index (χ3n) is 1.66. The van der Waals surface area contributed by atoms with Crippen molar-refractivity contribution in [2.24, 2.45) is 0 Å². The number of allylic oxidation sites excluding steroid dienone is 6. The first-order chi connectivity index (χ1) is 5.61. The first-order valence-corrected chi connectivity index (χ1v) is 4.83. The van der Waals surface area contributed by atoms with Crippen LogP contribution in [0.4, 0.5) is 0 Å². The van der Waals surface area contributed by atoms with Crippen LogP contribution in [-0.2, 0) is 0 Å².